The molecular formula is C9H12BrNO2S. The molecule has 0 amide bonds. The van der Waals surface area contributed by atoms with E-state index in [2.05, 4.69) is 22.9 Å². The maximum atomic E-state index is 10.9. The molecule has 0 aromatic carbocycles. The van der Waals surface area contributed by atoms with Gasteiger partial charge in [-0.05, 0) is 28.3 Å². The highest BCUT2D eigenvalue weighted by molar-refractivity contribution is 9.10. The minimum Gasteiger partial charge on any atom is -0.477 e. The molecule has 0 fully saturated rings. The zero-order chi connectivity index (χ0) is 10.7. The van der Waals surface area contributed by atoms with E-state index in [1.165, 1.54) is 0 Å². The SMILES string of the molecule is CSC(C)Cn1cc(Br)cc1C(=O)O. The van der Waals surface area contributed by atoms with E-state index >= 15 is 0 Å². The Kier molecular flexibility index (Phi) is 4.07. The van der Waals surface area contributed by atoms with Crippen molar-refractivity contribution in [2.45, 2.75) is 18.7 Å². The summed E-state index contributed by atoms with van der Waals surface area (Å²) in [4.78, 5) is 10.9. The molecule has 1 atom stereocenters. The number of carboxylic acids is 1. The summed E-state index contributed by atoms with van der Waals surface area (Å²) in [5.41, 5.74) is 0.331. The lowest BCUT2D eigenvalue weighted by molar-refractivity contribution is 0.0685. The van der Waals surface area contributed by atoms with E-state index < -0.39 is 5.97 Å². The van der Waals surface area contributed by atoms with Crippen molar-refractivity contribution in [1.82, 2.24) is 4.57 Å². The Bertz CT molecular complexity index is 338. The van der Waals surface area contributed by atoms with Crippen molar-refractivity contribution in [1.29, 1.82) is 0 Å². The van der Waals surface area contributed by atoms with Crippen LogP contribution in [0.4, 0.5) is 0 Å². The zero-order valence-electron chi connectivity index (χ0n) is 8.03. The largest absolute Gasteiger partial charge is 0.477 e. The number of rotatable bonds is 4. The quantitative estimate of drug-likeness (QED) is 0.920. The molecule has 14 heavy (non-hydrogen) atoms. The monoisotopic (exact) mass is 277 g/mol. The molecule has 3 nitrogen and oxygen atoms in total. The molecule has 5 heteroatoms. The molecule has 1 N–H and O–H groups in total. The lowest BCUT2D eigenvalue weighted by atomic mass is 10.4. The van der Waals surface area contributed by atoms with Crippen LogP contribution in [0.25, 0.3) is 0 Å². The first kappa shape index (κ1) is 11.7. The van der Waals surface area contributed by atoms with Gasteiger partial charge in [-0.2, -0.15) is 11.8 Å². The van der Waals surface area contributed by atoms with Crippen LogP contribution in [-0.4, -0.2) is 27.1 Å². The average Bonchev–Trinajstić information content (AvgIpc) is 2.46. The van der Waals surface area contributed by atoms with Crippen LogP contribution in [0.1, 0.15) is 17.4 Å². The van der Waals surface area contributed by atoms with Gasteiger partial charge < -0.3 is 9.67 Å². The molecule has 0 saturated carbocycles. The second-order valence-corrected chi connectivity index (χ2v) is 5.24. The van der Waals surface area contributed by atoms with Crippen LogP contribution in [0.5, 0.6) is 0 Å². The van der Waals surface area contributed by atoms with Gasteiger partial charge in [0.1, 0.15) is 5.69 Å². The van der Waals surface area contributed by atoms with Crippen LogP contribution >= 0.6 is 27.7 Å². The normalized spacial score (nSPS) is 12.8. The number of thioether (sulfide) groups is 1. The third kappa shape index (κ3) is 2.78. The first-order valence-electron chi connectivity index (χ1n) is 4.16. The summed E-state index contributed by atoms with van der Waals surface area (Å²) in [6, 6.07) is 1.62. The summed E-state index contributed by atoms with van der Waals surface area (Å²) in [7, 11) is 0. The van der Waals surface area contributed by atoms with Crippen LogP contribution in [-0.2, 0) is 6.54 Å². The number of aromatic carboxylic acids is 1. The van der Waals surface area contributed by atoms with Crippen LogP contribution in [0, 0.1) is 0 Å². The van der Waals surface area contributed by atoms with Crippen LogP contribution in [0.15, 0.2) is 16.7 Å². The minimum absolute atomic E-state index is 0.331. The number of hydrogen-bond acceptors (Lipinski definition) is 2. The molecule has 1 heterocycles. The molecule has 0 aliphatic rings. The summed E-state index contributed by atoms with van der Waals surface area (Å²) in [5, 5.41) is 9.33. The van der Waals surface area contributed by atoms with Gasteiger partial charge in [-0.3, -0.25) is 0 Å². The predicted molar refractivity (Wildman–Crippen MR) is 62.1 cm³/mol. The summed E-state index contributed by atoms with van der Waals surface area (Å²) in [6.45, 7) is 2.79. The van der Waals surface area contributed by atoms with Crippen molar-refractivity contribution in [2.24, 2.45) is 0 Å². The first-order valence-corrected chi connectivity index (χ1v) is 6.24. The van der Waals surface area contributed by atoms with Crippen molar-refractivity contribution >= 4 is 33.7 Å². The maximum Gasteiger partial charge on any atom is 0.352 e. The lowest BCUT2D eigenvalue weighted by Crippen LogP contribution is -2.13. The number of carboxylic acid groups (broad SMARTS) is 1. The fourth-order valence-electron chi connectivity index (χ4n) is 1.16. The zero-order valence-corrected chi connectivity index (χ0v) is 10.4. The second kappa shape index (κ2) is 4.89. The molecule has 78 valence electrons. The van der Waals surface area contributed by atoms with E-state index in [0.29, 0.717) is 17.5 Å². The Morgan fingerprint density at radius 3 is 2.93 bits per heavy atom. The molecule has 1 rings (SSSR count). The van der Waals surface area contributed by atoms with Crippen LogP contribution in [0.2, 0.25) is 0 Å². The number of nitrogens with zero attached hydrogens (tertiary/aromatic N) is 1. The molecule has 1 unspecified atom stereocenters. The van der Waals surface area contributed by atoms with Gasteiger partial charge >= 0.3 is 5.97 Å². The second-order valence-electron chi connectivity index (χ2n) is 3.05. The highest BCUT2D eigenvalue weighted by Gasteiger charge is 2.12. The Morgan fingerprint density at radius 2 is 2.43 bits per heavy atom. The molecule has 0 radical (unpaired) electrons. The van der Waals surface area contributed by atoms with E-state index in [9.17, 15) is 4.79 Å². The number of hydrogen-bond donors (Lipinski definition) is 1. The van der Waals surface area contributed by atoms with Crippen molar-refractivity contribution in [2.75, 3.05) is 6.26 Å². The van der Waals surface area contributed by atoms with Crippen molar-refractivity contribution in [3.05, 3.63) is 22.4 Å². The highest BCUT2D eigenvalue weighted by Crippen LogP contribution is 2.17. The van der Waals surface area contributed by atoms with Crippen molar-refractivity contribution in [3.8, 4) is 0 Å². The van der Waals surface area contributed by atoms with Crippen molar-refractivity contribution < 1.29 is 9.90 Å². The molecule has 0 spiro atoms. The molecule has 1 aromatic rings. The van der Waals surface area contributed by atoms with Gasteiger partial charge in [-0.1, -0.05) is 6.92 Å². The summed E-state index contributed by atoms with van der Waals surface area (Å²) in [5.74, 6) is -0.885. The van der Waals surface area contributed by atoms with E-state index in [1.54, 1.807) is 28.6 Å². The summed E-state index contributed by atoms with van der Waals surface area (Å²) in [6.07, 6.45) is 3.82. The Morgan fingerprint density at radius 1 is 1.79 bits per heavy atom. The Balaban J connectivity index is 2.89. The number of carbonyl (C=O) groups is 1. The van der Waals surface area contributed by atoms with Gasteiger partial charge in [0.15, 0.2) is 0 Å². The Hall–Kier alpha value is -0.420. The highest BCUT2D eigenvalue weighted by atomic mass is 79.9. The summed E-state index contributed by atoms with van der Waals surface area (Å²) >= 11 is 4.99. The van der Waals surface area contributed by atoms with Crippen LogP contribution in [0.3, 0.4) is 0 Å². The fourth-order valence-corrected chi connectivity index (χ4v) is 1.93. The van der Waals surface area contributed by atoms with E-state index in [-0.39, 0.29) is 0 Å². The Labute approximate surface area is 95.6 Å². The third-order valence-electron chi connectivity index (χ3n) is 1.94. The third-order valence-corrected chi connectivity index (χ3v) is 3.33. The molecular weight excluding hydrogens is 266 g/mol. The molecule has 1 aromatic heterocycles. The predicted octanol–water partition coefficient (Wildman–Crippen LogP) is 2.70. The minimum atomic E-state index is -0.885. The maximum absolute atomic E-state index is 10.9. The number of aromatic nitrogens is 1. The van der Waals surface area contributed by atoms with Gasteiger partial charge in [0, 0.05) is 22.5 Å². The molecule has 0 aliphatic carbocycles. The van der Waals surface area contributed by atoms with Gasteiger partial charge in [0.05, 0.1) is 0 Å². The van der Waals surface area contributed by atoms with Gasteiger partial charge in [-0.15, -0.1) is 0 Å². The summed E-state index contributed by atoms with van der Waals surface area (Å²) < 4.78 is 2.57. The first-order chi connectivity index (χ1) is 6.54. The van der Waals surface area contributed by atoms with Crippen molar-refractivity contribution in [3.63, 3.8) is 0 Å². The molecule has 0 aliphatic heterocycles. The van der Waals surface area contributed by atoms with E-state index in [1.807, 2.05) is 6.26 Å². The topological polar surface area (TPSA) is 42.2 Å². The molecule has 0 saturated heterocycles. The van der Waals surface area contributed by atoms with E-state index in [4.69, 9.17) is 5.11 Å². The van der Waals surface area contributed by atoms with E-state index in [0.717, 1.165) is 4.47 Å². The molecule has 0 bridgehead atoms. The van der Waals surface area contributed by atoms with Gasteiger partial charge in [0.2, 0.25) is 0 Å². The lowest BCUT2D eigenvalue weighted by Gasteiger charge is -2.10. The smallest absolute Gasteiger partial charge is 0.352 e. The fraction of sp³-hybridized carbons (Fsp3) is 0.444. The van der Waals surface area contributed by atoms with Gasteiger partial charge in [0.25, 0.3) is 0 Å². The van der Waals surface area contributed by atoms with Gasteiger partial charge in [-0.25, -0.2) is 4.79 Å². The average molecular weight is 278 g/mol. The number of halogens is 1. The van der Waals surface area contributed by atoms with Crippen LogP contribution < -0.4 is 0 Å². The standard InChI is InChI=1S/C9H12BrNO2S/c1-6(14-2)4-11-5-7(10)3-8(11)9(12)13/h3,5-6H,4H2,1-2H3,(H,12,13).